The van der Waals surface area contributed by atoms with E-state index in [1.807, 2.05) is 0 Å². The quantitative estimate of drug-likeness (QED) is 0.541. The van der Waals surface area contributed by atoms with E-state index in [1.54, 1.807) is 6.07 Å². The minimum absolute atomic E-state index is 0.100. The molecule has 1 saturated heterocycles. The van der Waals surface area contributed by atoms with Crippen molar-refractivity contribution in [3.8, 4) is 5.75 Å². The van der Waals surface area contributed by atoms with Crippen molar-refractivity contribution in [3.05, 3.63) is 64.6 Å². The van der Waals surface area contributed by atoms with Crippen LogP contribution in [0.4, 0.5) is 14.9 Å². The summed E-state index contributed by atoms with van der Waals surface area (Å²) >= 11 is 6.13. The van der Waals surface area contributed by atoms with Gasteiger partial charge in [-0.3, -0.25) is 14.9 Å². The monoisotopic (exact) mass is 389 g/mol. The average Bonchev–Trinajstić information content (AvgIpc) is 2.93. The third kappa shape index (κ3) is 4.83. The molecule has 2 aromatic carbocycles. The molecule has 1 aliphatic rings. The lowest BCUT2D eigenvalue weighted by molar-refractivity contribution is -0.118. The van der Waals surface area contributed by atoms with Crippen LogP contribution in [-0.4, -0.2) is 24.5 Å². The molecule has 0 saturated carbocycles. The highest BCUT2D eigenvalue weighted by atomic mass is 35.5. The Hall–Kier alpha value is -3.39. The average molecular weight is 390 g/mol. The molecule has 4 amide bonds. The molecule has 138 valence electrons. The van der Waals surface area contributed by atoms with Crippen molar-refractivity contribution in [3.63, 3.8) is 0 Å². The van der Waals surface area contributed by atoms with Crippen molar-refractivity contribution in [1.82, 2.24) is 10.6 Å². The molecule has 0 aliphatic carbocycles. The third-order valence-electron chi connectivity index (χ3n) is 3.47. The van der Waals surface area contributed by atoms with Crippen molar-refractivity contribution in [2.45, 2.75) is 0 Å². The Morgan fingerprint density at radius 2 is 1.89 bits per heavy atom. The number of carbonyl (C=O) groups excluding carboxylic acids is 3. The van der Waals surface area contributed by atoms with E-state index in [0.29, 0.717) is 11.3 Å². The molecule has 1 heterocycles. The minimum atomic E-state index is -0.593. The number of hydrogen-bond acceptors (Lipinski definition) is 4. The van der Waals surface area contributed by atoms with Crippen molar-refractivity contribution in [1.29, 1.82) is 0 Å². The van der Waals surface area contributed by atoms with Crippen molar-refractivity contribution in [2.24, 2.45) is 0 Å². The summed E-state index contributed by atoms with van der Waals surface area (Å²) in [4.78, 5) is 34.5. The second-order valence-corrected chi connectivity index (χ2v) is 5.91. The summed E-state index contributed by atoms with van der Waals surface area (Å²) in [6, 6.07) is 9.41. The van der Waals surface area contributed by atoms with E-state index < -0.39 is 23.7 Å². The van der Waals surface area contributed by atoms with Crippen LogP contribution in [0.25, 0.3) is 6.08 Å². The van der Waals surface area contributed by atoms with Gasteiger partial charge in [-0.15, -0.1) is 0 Å². The largest absolute Gasteiger partial charge is 0.482 e. The zero-order valence-electron chi connectivity index (χ0n) is 13.7. The molecular weight excluding hydrogens is 377 g/mol. The Morgan fingerprint density at radius 1 is 1.15 bits per heavy atom. The van der Waals surface area contributed by atoms with Crippen LogP contribution in [0, 0.1) is 5.82 Å². The maximum Gasteiger partial charge on any atom is 0.326 e. The van der Waals surface area contributed by atoms with Crippen molar-refractivity contribution >= 4 is 41.2 Å². The first-order valence-electron chi connectivity index (χ1n) is 7.72. The van der Waals surface area contributed by atoms with Gasteiger partial charge in [-0.1, -0.05) is 17.7 Å². The molecule has 1 fully saturated rings. The lowest BCUT2D eigenvalue weighted by Crippen LogP contribution is -2.22. The van der Waals surface area contributed by atoms with Crippen molar-refractivity contribution in [2.75, 3.05) is 11.9 Å². The number of ether oxygens (including phenoxy) is 1. The molecule has 0 atom stereocenters. The van der Waals surface area contributed by atoms with Crippen molar-refractivity contribution < 1.29 is 23.5 Å². The first-order valence-corrected chi connectivity index (χ1v) is 8.10. The Bertz CT molecular complexity index is 944. The first-order chi connectivity index (χ1) is 12.9. The van der Waals surface area contributed by atoms with Gasteiger partial charge < -0.3 is 15.4 Å². The second-order valence-electron chi connectivity index (χ2n) is 5.50. The summed E-state index contributed by atoms with van der Waals surface area (Å²) in [5.41, 5.74) is 1.11. The molecule has 3 rings (SSSR count). The van der Waals surface area contributed by atoms with Gasteiger partial charge in [0.15, 0.2) is 6.61 Å². The van der Waals surface area contributed by atoms with Crippen LogP contribution in [0.3, 0.4) is 0 Å². The van der Waals surface area contributed by atoms with Gasteiger partial charge in [0, 0.05) is 5.69 Å². The van der Waals surface area contributed by atoms with E-state index in [2.05, 4.69) is 16.0 Å². The Balaban J connectivity index is 1.60. The van der Waals surface area contributed by atoms with Crippen LogP contribution < -0.4 is 20.7 Å². The van der Waals surface area contributed by atoms with E-state index in [9.17, 15) is 18.8 Å². The summed E-state index contributed by atoms with van der Waals surface area (Å²) in [6.45, 7) is -0.296. The fourth-order valence-corrected chi connectivity index (χ4v) is 2.49. The predicted molar refractivity (Wildman–Crippen MR) is 96.6 cm³/mol. The topological polar surface area (TPSA) is 96.5 Å². The Labute approximate surface area is 158 Å². The molecule has 7 nitrogen and oxygen atoms in total. The minimum Gasteiger partial charge on any atom is -0.482 e. The smallest absolute Gasteiger partial charge is 0.326 e. The first kappa shape index (κ1) is 18.4. The zero-order valence-corrected chi connectivity index (χ0v) is 14.5. The fourth-order valence-electron chi connectivity index (χ4n) is 2.25. The Kier molecular flexibility index (Phi) is 5.37. The molecule has 27 heavy (non-hydrogen) atoms. The molecule has 0 radical (unpaired) electrons. The third-order valence-corrected chi connectivity index (χ3v) is 3.77. The van der Waals surface area contributed by atoms with E-state index >= 15 is 0 Å². The molecule has 0 spiro atoms. The number of anilines is 1. The number of nitrogens with one attached hydrogen (secondary N) is 3. The predicted octanol–water partition coefficient (Wildman–Crippen LogP) is 2.68. The normalized spacial score (nSPS) is 14.7. The summed E-state index contributed by atoms with van der Waals surface area (Å²) in [6.07, 6.45) is 1.46. The molecule has 0 unspecified atom stereocenters. The number of imide groups is 1. The van der Waals surface area contributed by atoms with E-state index in [0.717, 1.165) is 0 Å². The van der Waals surface area contributed by atoms with Crippen LogP contribution in [0.1, 0.15) is 5.56 Å². The summed E-state index contributed by atoms with van der Waals surface area (Å²) in [7, 11) is 0. The van der Waals surface area contributed by atoms with Gasteiger partial charge >= 0.3 is 6.03 Å². The molecule has 2 aromatic rings. The van der Waals surface area contributed by atoms with Crippen LogP contribution in [-0.2, 0) is 9.59 Å². The zero-order chi connectivity index (χ0) is 19.4. The van der Waals surface area contributed by atoms with Gasteiger partial charge in [-0.05, 0) is 48.0 Å². The van der Waals surface area contributed by atoms with Gasteiger partial charge in [0.25, 0.3) is 11.8 Å². The standard InChI is InChI=1S/C18H13ClFN3O4/c19-13-7-10(8-14-17(25)23-18(26)22-14)1-6-15(13)27-9-16(24)21-12-4-2-11(20)3-5-12/h1-8H,9H2,(H,21,24)(H2,22,23,25,26)/b14-8+. The van der Waals surface area contributed by atoms with E-state index in [1.165, 1.54) is 42.5 Å². The highest BCUT2D eigenvalue weighted by molar-refractivity contribution is 6.32. The number of rotatable bonds is 5. The van der Waals surface area contributed by atoms with E-state index in [4.69, 9.17) is 16.3 Å². The maximum atomic E-state index is 12.8. The van der Waals surface area contributed by atoms with Gasteiger partial charge in [0.2, 0.25) is 0 Å². The number of urea groups is 1. The van der Waals surface area contributed by atoms with Gasteiger partial charge in [-0.25, -0.2) is 9.18 Å². The van der Waals surface area contributed by atoms with Crippen LogP contribution in [0.5, 0.6) is 5.75 Å². The summed E-state index contributed by atoms with van der Waals surface area (Å²) in [5.74, 6) is -1.10. The lowest BCUT2D eigenvalue weighted by atomic mass is 10.2. The Morgan fingerprint density at radius 3 is 2.52 bits per heavy atom. The number of hydrogen-bond donors (Lipinski definition) is 3. The highest BCUT2D eigenvalue weighted by Crippen LogP contribution is 2.26. The lowest BCUT2D eigenvalue weighted by Gasteiger charge is -2.09. The van der Waals surface area contributed by atoms with Gasteiger partial charge in [0.1, 0.15) is 17.3 Å². The second kappa shape index (κ2) is 7.88. The number of carbonyl (C=O) groups is 3. The highest BCUT2D eigenvalue weighted by Gasteiger charge is 2.22. The molecule has 9 heteroatoms. The van der Waals surface area contributed by atoms with Gasteiger partial charge in [-0.2, -0.15) is 0 Å². The summed E-state index contributed by atoms with van der Waals surface area (Å²) in [5, 5.41) is 7.24. The number of amides is 4. The SMILES string of the molecule is O=C(COc1ccc(/C=C2/NC(=O)NC2=O)cc1Cl)Nc1ccc(F)cc1. The summed E-state index contributed by atoms with van der Waals surface area (Å²) < 4.78 is 18.2. The van der Waals surface area contributed by atoms with Crippen LogP contribution in [0.15, 0.2) is 48.2 Å². The number of halogens is 2. The van der Waals surface area contributed by atoms with Crippen LogP contribution in [0.2, 0.25) is 5.02 Å². The molecule has 1 aliphatic heterocycles. The fraction of sp³-hybridized carbons (Fsp3) is 0.0556. The molecule has 3 N–H and O–H groups in total. The maximum absolute atomic E-state index is 12.8. The van der Waals surface area contributed by atoms with Crippen LogP contribution >= 0.6 is 11.6 Å². The number of benzene rings is 2. The molecule has 0 bridgehead atoms. The van der Waals surface area contributed by atoms with Gasteiger partial charge in [0.05, 0.1) is 5.02 Å². The van der Waals surface area contributed by atoms with E-state index in [-0.39, 0.29) is 23.1 Å². The molecular formula is C18H13ClFN3O4. The molecule has 0 aromatic heterocycles.